The molecule has 4 heterocycles. The number of amides is 2. The van der Waals surface area contributed by atoms with Crippen LogP contribution >= 0.6 is 23.1 Å². The van der Waals surface area contributed by atoms with Crippen molar-refractivity contribution in [3.63, 3.8) is 0 Å². The zero-order valence-corrected chi connectivity index (χ0v) is 21.9. The maximum atomic E-state index is 12.1. The largest absolute Gasteiger partial charge is 0.366 e. The van der Waals surface area contributed by atoms with E-state index in [1.165, 1.54) is 0 Å². The third-order valence-corrected chi connectivity index (χ3v) is 8.07. The highest BCUT2D eigenvalue weighted by atomic mass is 32.2. The molecule has 2 amide bonds. The van der Waals surface area contributed by atoms with Crippen molar-refractivity contribution in [3.8, 4) is 27.6 Å². The Kier molecular flexibility index (Phi) is 6.97. The van der Waals surface area contributed by atoms with Gasteiger partial charge in [-0.3, -0.25) is 9.59 Å². The number of thiazole rings is 1. The van der Waals surface area contributed by atoms with Crippen LogP contribution in [0.15, 0.2) is 53.0 Å². The topological polar surface area (TPSA) is 99.0 Å². The summed E-state index contributed by atoms with van der Waals surface area (Å²) in [6.45, 7) is 4.12. The zero-order valence-electron chi connectivity index (χ0n) is 20.3. The molecule has 0 spiro atoms. The number of hydrogen-bond acceptors (Lipinski definition) is 6. The first-order valence-corrected chi connectivity index (χ1v) is 14.0. The lowest BCUT2D eigenvalue weighted by Gasteiger charge is -2.17. The van der Waals surface area contributed by atoms with E-state index in [0.29, 0.717) is 25.1 Å². The molecule has 0 aliphatic carbocycles. The minimum Gasteiger partial charge on any atom is -0.366 e. The summed E-state index contributed by atoms with van der Waals surface area (Å²) in [6, 6.07) is 11.8. The van der Waals surface area contributed by atoms with E-state index in [4.69, 9.17) is 15.8 Å². The predicted molar refractivity (Wildman–Crippen MR) is 144 cm³/mol. The molecule has 1 aromatic carbocycles. The summed E-state index contributed by atoms with van der Waals surface area (Å²) in [4.78, 5) is 31.0. The average Bonchev–Trinajstić information content (AvgIpc) is 3.66. The van der Waals surface area contributed by atoms with Gasteiger partial charge in [0.25, 0.3) is 5.91 Å². The van der Waals surface area contributed by atoms with E-state index < -0.39 is 5.91 Å². The van der Waals surface area contributed by atoms with Crippen LogP contribution in [0.25, 0.3) is 27.6 Å². The highest BCUT2D eigenvalue weighted by Gasteiger charge is 2.22. The van der Waals surface area contributed by atoms with Crippen LogP contribution in [-0.4, -0.2) is 55.4 Å². The highest BCUT2D eigenvalue weighted by molar-refractivity contribution is 7.98. The first kappa shape index (κ1) is 24.3. The summed E-state index contributed by atoms with van der Waals surface area (Å²) in [5.41, 5.74) is 10.6. The normalized spacial score (nSPS) is 13.6. The number of rotatable bonds is 9. The van der Waals surface area contributed by atoms with Crippen molar-refractivity contribution in [2.24, 2.45) is 5.73 Å². The van der Waals surface area contributed by atoms with E-state index in [2.05, 4.69) is 4.57 Å². The Morgan fingerprint density at radius 1 is 1.22 bits per heavy atom. The molecule has 1 saturated heterocycles. The van der Waals surface area contributed by atoms with Gasteiger partial charge in [-0.15, -0.1) is 23.1 Å². The van der Waals surface area contributed by atoms with Crippen molar-refractivity contribution >= 4 is 34.9 Å². The molecule has 10 heteroatoms. The molecule has 0 atom stereocenters. The van der Waals surface area contributed by atoms with E-state index in [1.807, 2.05) is 70.7 Å². The van der Waals surface area contributed by atoms with Crippen LogP contribution in [0, 0.1) is 6.92 Å². The lowest BCUT2D eigenvalue weighted by molar-refractivity contribution is -0.127. The van der Waals surface area contributed by atoms with Gasteiger partial charge in [-0.05, 0) is 44.2 Å². The quantitative estimate of drug-likeness (QED) is 0.325. The van der Waals surface area contributed by atoms with Crippen molar-refractivity contribution in [1.82, 2.24) is 24.2 Å². The van der Waals surface area contributed by atoms with Gasteiger partial charge in [-0.1, -0.05) is 18.2 Å². The van der Waals surface area contributed by atoms with Crippen LogP contribution in [0.3, 0.4) is 0 Å². The molecule has 1 fully saturated rings. The Balaban J connectivity index is 1.45. The number of thioether (sulfide) groups is 1. The van der Waals surface area contributed by atoms with E-state index >= 15 is 0 Å². The van der Waals surface area contributed by atoms with Gasteiger partial charge in [0.15, 0.2) is 0 Å². The Bertz CT molecular complexity index is 1410. The van der Waals surface area contributed by atoms with Crippen molar-refractivity contribution in [2.45, 2.75) is 37.8 Å². The van der Waals surface area contributed by atoms with Gasteiger partial charge in [0.1, 0.15) is 10.0 Å². The summed E-state index contributed by atoms with van der Waals surface area (Å²) in [5, 5.41) is 8.53. The number of primary amides is 1. The molecule has 0 radical (unpaired) electrons. The smallest absolute Gasteiger partial charge is 0.250 e. The number of benzene rings is 1. The van der Waals surface area contributed by atoms with Crippen LogP contribution in [-0.2, 0) is 11.3 Å². The number of likely N-dealkylation sites (tertiary alicyclic amines) is 1. The fourth-order valence-electron chi connectivity index (χ4n) is 4.64. The van der Waals surface area contributed by atoms with Gasteiger partial charge in [-0.2, -0.15) is 5.10 Å². The fourth-order valence-corrected chi connectivity index (χ4v) is 6.07. The maximum absolute atomic E-state index is 12.1. The van der Waals surface area contributed by atoms with Crippen LogP contribution in [0.5, 0.6) is 0 Å². The van der Waals surface area contributed by atoms with Crippen LogP contribution in [0.4, 0.5) is 0 Å². The van der Waals surface area contributed by atoms with E-state index in [-0.39, 0.29) is 5.91 Å². The summed E-state index contributed by atoms with van der Waals surface area (Å²) >= 11 is 3.14. The van der Waals surface area contributed by atoms with Crippen molar-refractivity contribution in [1.29, 1.82) is 0 Å². The molecule has 0 bridgehead atoms. The Morgan fingerprint density at radius 2 is 2.03 bits per heavy atom. The van der Waals surface area contributed by atoms with Crippen molar-refractivity contribution < 1.29 is 9.59 Å². The third-order valence-electron chi connectivity index (χ3n) is 6.50. The number of nitrogens with two attached hydrogens (primary N) is 1. The van der Waals surface area contributed by atoms with Crippen LogP contribution in [0.2, 0.25) is 0 Å². The average molecular weight is 521 g/mol. The maximum Gasteiger partial charge on any atom is 0.250 e. The first-order chi connectivity index (χ1) is 17.5. The van der Waals surface area contributed by atoms with Gasteiger partial charge in [0, 0.05) is 43.3 Å². The van der Waals surface area contributed by atoms with Gasteiger partial charge >= 0.3 is 0 Å². The lowest BCUT2D eigenvalue weighted by atomic mass is 10.2. The summed E-state index contributed by atoms with van der Waals surface area (Å²) in [5.74, 6) is -0.228. The monoisotopic (exact) mass is 520 g/mol. The number of carbonyl (C=O) groups is 2. The standard InChI is InChI=1S/C26H28N6O2S2/c1-17-19(24(27)34)14-22(31(17)13-7-12-30-11-6-10-23(30)33)21-16-36-25(28-21)20-15-32(29-26(20)35-2)18-8-4-3-5-9-18/h3-5,8-9,14-16H,6-7,10-13H2,1-2H3,(H2,27,34). The Morgan fingerprint density at radius 3 is 2.72 bits per heavy atom. The molecular weight excluding hydrogens is 492 g/mol. The molecule has 36 heavy (non-hydrogen) atoms. The fraction of sp³-hybridized carbons (Fsp3) is 0.308. The molecule has 186 valence electrons. The second-order valence-corrected chi connectivity index (χ2v) is 10.4. The molecule has 1 aliphatic rings. The SMILES string of the molecule is CSc1nn(-c2ccccc2)cc1-c1nc(-c2cc(C(N)=O)c(C)n2CCCN2CCCC2=O)cs1. The molecule has 1 aliphatic heterocycles. The van der Waals surface area contributed by atoms with E-state index in [9.17, 15) is 9.59 Å². The lowest BCUT2D eigenvalue weighted by Crippen LogP contribution is -2.26. The summed E-state index contributed by atoms with van der Waals surface area (Å²) in [6.07, 6.45) is 6.38. The number of carbonyl (C=O) groups excluding carboxylic acids is 2. The minimum atomic E-state index is -0.452. The van der Waals surface area contributed by atoms with Crippen molar-refractivity contribution in [2.75, 3.05) is 19.3 Å². The molecule has 4 aromatic rings. The third kappa shape index (κ3) is 4.70. The summed E-state index contributed by atoms with van der Waals surface area (Å²) < 4.78 is 3.97. The summed E-state index contributed by atoms with van der Waals surface area (Å²) in [7, 11) is 0. The molecule has 2 N–H and O–H groups in total. The molecular formula is C26H28N6O2S2. The van der Waals surface area contributed by atoms with Gasteiger partial charge in [0.05, 0.1) is 28.2 Å². The van der Waals surface area contributed by atoms with E-state index in [0.717, 1.165) is 57.8 Å². The minimum absolute atomic E-state index is 0.224. The molecule has 0 unspecified atom stereocenters. The van der Waals surface area contributed by atoms with Gasteiger partial charge in [0.2, 0.25) is 5.91 Å². The molecule has 8 nitrogen and oxygen atoms in total. The second-order valence-electron chi connectivity index (χ2n) is 8.75. The van der Waals surface area contributed by atoms with Crippen LogP contribution in [0.1, 0.15) is 35.3 Å². The Labute approximate surface area is 218 Å². The van der Waals surface area contributed by atoms with Gasteiger partial charge in [-0.25, -0.2) is 9.67 Å². The number of hydrogen-bond donors (Lipinski definition) is 1. The number of para-hydroxylation sites is 1. The van der Waals surface area contributed by atoms with E-state index in [1.54, 1.807) is 23.1 Å². The molecule has 0 saturated carbocycles. The molecule has 3 aromatic heterocycles. The predicted octanol–water partition coefficient (Wildman–Crippen LogP) is 4.61. The number of nitrogens with zero attached hydrogens (tertiary/aromatic N) is 5. The zero-order chi connectivity index (χ0) is 25.2. The first-order valence-electron chi connectivity index (χ1n) is 11.9. The number of aromatic nitrogens is 4. The molecule has 5 rings (SSSR count). The Hall–Kier alpha value is -3.37. The second kappa shape index (κ2) is 10.3. The van der Waals surface area contributed by atoms with Crippen molar-refractivity contribution in [3.05, 3.63) is 59.2 Å². The van der Waals surface area contributed by atoms with Crippen LogP contribution < -0.4 is 5.73 Å². The van der Waals surface area contributed by atoms with Gasteiger partial charge < -0.3 is 15.2 Å². The highest BCUT2D eigenvalue weighted by Crippen LogP contribution is 2.36.